The van der Waals surface area contributed by atoms with Crippen LogP contribution in [-0.2, 0) is 75.4 Å². The molecule has 22 N–H and O–H groups in total. The van der Waals surface area contributed by atoms with Crippen LogP contribution in [0.25, 0.3) is 0 Å². The third-order valence-electron chi connectivity index (χ3n) is 15.0. The molecular formula is C42H71O38P. The quantitative estimate of drug-likeness (QED) is 0.0953. The predicted molar refractivity (Wildman–Crippen MR) is 239 cm³/mol. The molecule has 0 aromatic carbocycles. The molecule has 21 saturated heterocycles. The molecule has 39 heteroatoms. The largest absolute Gasteiger partial charge is 0.469 e. The molecule has 21 rings (SSSR count). The predicted octanol–water partition coefficient (Wildman–Crippen LogP) is -15.1. The zero-order valence-corrected chi connectivity index (χ0v) is 42.9. The van der Waals surface area contributed by atoms with Crippen LogP contribution in [0.5, 0.6) is 0 Å². The van der Waals surface area contributed by atoms with Gasteiger partial charge in [0.1, 0.15) is 171 Å². The van der Waals surface area contributed by atoms with E-state index in [1.807, 2.05) is 0 Å². The zero-order valence-electron chi connectivity index (χ0n) is 42.0. The summed E-state index contributed by atoms with van der Waals surface area (Å²) >= 11 is 0. The summed E-state index contributed by atoms with van der Waals surface area (Å²) < 4.78 is 95.8. The SMILES string of the molecule is O=P(O)(O)OC[C@H]1O[C@@H]2O[C@H]3[C@@H](O)[C@@H](O)[C@@H](O[C@H]4[C@@H](O)[C@@H](O)[C@@H](O[C@H]5[C@H](O)[C@@H](O)[C@@H](O[C@H]6[C@H](O)[C@@H](O)[C@@H](O[C@H]7[C@H](O)[C@@H](O)[C@@H](O[C@H]8[C@H](O)[C@@H](O)[C@@H](O[C@H]1[C@H](O)[C@H]2O)O[C@@H]8CO)O[C@@H]7CO)O[C@@H]6CO)O[C@@H]5CO)O[C@@H]4CO)O[C@@H]3CO. The van der Waals surface area contributed by atoms with Gasteiger partial charge < -0.3 is 178 Å². The maximum absolute atomic E-state index is 11.9. The van der Waals surface area contributed by atoms with Crippen molar-refractivity contribution in [3.63, 3.8) is 0 Å². The molecular weight excluding hydrogens is 1140 g/mol. The minimum absolute atomic E-state index is 1.07. The molecule has 0 amide bonds. The Morgan fingerprint density at radius 1 is 0.247 bits per heavy atom. The highest BCUT2D eigenvalue weighted by atomic mass is 31.2. The first-order valence-electron chi connectivity index (χ1n) is 25.4. The van der Waals surface area contributed by atoms with Crippen molar-refractivity contribution in [2.24, 2.45) is 0 Å². The zero-order chi connectivity index (χ0) is 59.3. The van der Waals surface area contributed by atoms with Crippen molar-refractivity contribution in [1.82, 2.24) is 0 Å². The maximum Gasteiger partial charge on any atom is 0.469 e. The van der Waals surface area contributed by atoms with E-state index in [1.165, 1.54) is 0 Å². The molecule has 0 radical (unpaired) electrons. The molecule has 0 aromatic rings. The number of aliphatic hydroxyl groups excluding tert-OH is 20. The summed E-state index contributed by atoms with van der Waals surface area (Å²) in [4.78, 5) is 19.1. The third kappa shape index (κ3) is 13.6. The first kappa shape index (κ1) is 65.7. The van der Waals surface area contributed by atoms with E-state index < -0.39 is 269 Å². The average molecular weight is 1210 g/mol. The fourth-order valence-electron chi connectivity index (χ4n) is 10.6. The lowest BCUT2D eigenvalue weighted by Crippen LogP contribution is -2.68. The van der Waals surface area contributed by atoms with Crippen LogP contribution in [-0.4, -0.2) is 373 Å². The molecule has 0 aromatic heterocycles. The molecule has 81 heavy (non-hydrogen) atoms. The summed E-state index contributed by atoms with van der Waals surface area (Å²) in [5.41, 5.74) is 0. The lowest BCUT2D eigenvalue weighted by molar-refractivity contribution is -0.396. The van der Waals surface area contributed by atoms with Crippen LogP contribution in [0.1, 0.15) is 0 Å². The standard InChI is InChI=1S/C42H71O38P/c43-1-8-29-16(50)23(57)37(68-8)76-31-10(3-45)70-39(25(59)18(31)52)78-33-12(5-47)72-41(27(61)20(33)54)80-35-14(7-66-81(63,64)65)73-42(28(62)21(35)55)79-34-13(6-48)71-40(26(60)19(34)53)77-32-11(4-46)69-38(24(58)17(32)51)75-30-9(2-44)67-36(74-29)22(56)15(30)49/h8-62H,1-7H2,(H2,63,64,65)/t8-,9-,10-,11-,12-,13-,14-,15-,16-,17+,18-,19+,20-,21-,22-,23-,24-,25-,26-,27-,28-,29-,30-,31-,32-,33-,34-,35-,36-,37-,38-,39-,40-,41-,42-/m1/s1. The number of hydrogen-bond donors (Lipinski definition) is 22. The van der Waals surface area contributed by atoms with E-state index in [4.69, 9.17) is 66.3 Å². The summed E-state index contributed by atoms with van der Waals surface area (Å²) in [6.45, 7) is -7.83. The van der Waals surface area contributed by atoms with Crippen molar-refractivity contribution in [3.05, 3.63) is 0 Å². The van der Waals surface area contributed by atoms with Crippen molar-refractivity contribution in [2.45, 2.75) is 215 Å². The molecule has 38 nitrogen and oxygen atoms in total. The van der Waals surface area contributed by atoms with Crippen molar-refractivity contribution >= 4 is 7.82 Å². The highest BCUT2D eigenvalue weighted by Gasteiger charge is 2.59. The second-order valence-electron chi connectivity index (χ2n) is 20.3. The van der Waals surface area contributed by atoms with Gasteiger partial charge in [0.05, 0.1) is 46.2 Å². The maximum atomic E-state index is 11.9. The topological polar surface area (TPSA) is 601 Å². The molecule has 14 bridgehead atoms. The van der Waals surface area contributed by atoms with E-state index in [-0.39, 0.29) is 0 Å². The Kier molecular flexibility index (Phi) is 22.3. The molecule has 21 aliphatic heterocycles. The van der Waals surface area contributed by atoms with E-state index >= 15 is 0 Å². The average Bonchev–Trinajstić information content (AvgIpc) is 3.48. The number of aliphatic hydroxyl groups is 20. The molecule has 472 valence electrons. The van der Waals surface area contributed by atoms with Crippen molar-refractivity contribution in [2.75, 3.05) is 46.2 Å². The van der Waals surface area contributed by atoms with Gasteiger partial charge in [-0.25, -0.2) is 4.57 Å². The van der Waals surface area contributed by atoms with Crippen molar-refractivity contribution < 1.29 is 187 Å². The van der Waals surface area contributed by atoms with E-state index in [2.05, 4.69) is 4.52 Å². The lowest BCUT2D eigenvalue weighted by atomic mass is 9.95. The molecule has 21 fully saturated rings. The number of phosphoric ester groups is 1. The molecule has 0 saturated carbocycles. The summed E-state index contributed by atoms with van der Waals surface area (Å²) in [6, 6.07) is 0. The smallest absolute Gasteiger partial charge is 0.394 e. The number of hydrogen-bond acceptors (Lipinski definition) is 36. The van der Waals surface area contributed by atoms with E-state index in [9.17, 15) is 116 Å². The number of ether oxygens (including phenoxy) is 14. The third-order valence-corrected chi connectivity index (χ3v) is 15.5. The number of rotatable bonds is 9. The van der Waals surface area contributed by atoms with Gasteiger partial charge in [-0.05, 0) is 0 Å². The Morgan fingerprint density at radius 2 is 0.395 bits per heavy atom. The van der Waals surface area contributed by atoms with Crippen LogP contribution < -0.4 is 0 Å². The fraction of sp³-hybridized carbons (Fsp3) is 1.00. The molecule has 21 aliphatic rings. The lowest BCUT2D eigenvalue weighted by Gasteiger charge is -2.50. The van der Waals surface area contributed by atoms with Gasteiger partial charge in [-0.2, -0.15) is 0 Å². The first-order chi connectivity index (χ1) is 38.3. The van der Waals surface area contributed by atoms with Crippen LogP contribution >= 0.6 is 7.82 Å². The van der Waals surface area contributed by atoms with Gasteiger partial charge in [-0.15, -0.1) is 0 Å². The first-order valence-corrected chi connectivity index (χ1v) is 26.9. The molecule has 21 heterocycles. The van der Waals surface area contributed by atoms with Crippen LogP contribution in [0.3, 0.4) is 0 Å². The Balaban J connectivity index is 1.10. The van der Waals surface area contributed by atoms with Crippen LogP contribution in [0, 0.1) is 0 Å². The summed E-state index contributed by atoms with van der Waals surface area (Å²) in [7, 11) is -5.43. The van der Waals surface area contributed by atoms with Gasteiger partial charge in [0.25, 0.3) is 0 Å². The molecule has 35 atom stereocenters. The number of phosphoric acid groups is 1. The van der Waals surface area contributed by atoms with Crippen molar-refractivity contribution in [3.8, 4) is 0 Å². The summed E-state index contributed by atoms with van der Waals surface area (Å²) in [5.74, 6) is 0. The van der Waals surface area contributed by atoms with Gasteiger partial charge in [0.2, 0.25) is 0 Å². The fourth-order valence-corrected chi connectivity index (χ4v) is 10.9. The Morgan fingerprint density at radius 3 is 0.543 bits per heavy atom. The van der Waals surface area contributed by atoms with Crippen LogP contribution in [0.15, 0.2) is 0 Å². The van der Waals surface area contributed by atoms with Crippen LogP contribution in [0.4, 0.5) is 0 Å². The summed E-state index contributed by atoms with van der Waals surface area (Å²) in [6.07, 6.45) is -73.2. The Bertz CT molecular complexity index is 2000. The summed E-state index contributed by atoms with van der Waals surface area (Å²) in [5, 5.41) is 221. The van der Waals surface area contributed by atoms with E-state index in [1.54, 1.807) is 0 Å². The van der Waals surface area contributed by atoms with E-state index in [0.29, 0.717) is 0 Å². The van der Waals surface area contributed by atoms with Gasteiger partial charge in [-0.1, -0.05) is 0 Å². The van der Waals surface area contributed by atoms with E-state index in [0.717, 1.165) is 0 Å². The second-order valence-corrected chi connectivity index (χ2v) is 21.5. The van der Waals surface area contributed by atoms with Crippen LogP contribution in [0.2, 0.25) is 0 Å². The van der Waals surface area contributed by atoms with Gasteiger partial charge >= 0.3 is 7.82 Å². The molecule has 0 aliphatic carbocycles. The van der Waals surface area contributed by atoms with Gasteiger partial charge in [-0.3, -0.25) is 4.52 Å². The highest BCUT2D eigenvalue weighted by molar-refractivity contribution is 7.46. The highest BCUT2D eigenvalue weighted by Crippen LogP contribution is 2.41. The minimum atomic E-state index is -5.43. The normalized spacial score (nSPS) is 53.4. The minimum Gasteiger partial charge on any atom is -0.394 e. The van der Waals surface area contributed by atoms with Crippen molar-refractivity contribution in [1.29, 1.82) is 0 Å². The molecule has 0 spiro atoms. The molecule has 0 unspecified atom stereocenters. The Hall–Kier alpha value is -1.25. The van der Waals surface area contributed by atoms with Gasteiger partial charge in [0, 0.05) is 0 Å². The van der Waals surface area contributed by atoms with Gasteiger partial charge in [0.15, 0.2) is 44.0 Å². The monoisotopic (exact) mass is 1210 g/mol. The second kappa shape index (κ2) is 27.4. The Labute approximate surface area is 455 Å².